The van der Waals surface area contributed by atoms with Crippen molar-refractivity contribution in [2.45, 2.75) is 12.6 Å². The molecular formula is C25H20N2O3S. The number of rotatable bonds is 5. The number of hydrogen-bond donors (Lipinski definition) is 1. The van der Waals surface area contributed by atoms with Gasteiger partial charge in [0.25, 0.3) is 11.1 Å². The van der Waals surface area contributed by atoms with E-state index >= 15 is 0 Å². The van der Waals surface area contributed by atoms with Crippen LogP contribution in [0.3, 0.4) is 0 Å². The van der Waals surface area contributed by atoms with Crippen LogP contribution < -0.4 is 0 Å². The van der Waals surface area contributed by atoms with Gasteiger partial charge < -0.3 is 9.67 Å². The van der Waals surface area contributed by atoms with Crippen molar-refractivity contribution in [1.29, 1.82) is 0 Å². The summed E-state index contributed by atoms with van der Waals surface area (Å²) in [6.45, 7) is 0.241. The normalized spacial score (nSPS) is 16.7. The Kier molecular flexibility index (Phi) is 5.10. The van der Waals surface area contributed by atoms with Crippen LogP contribution in [-0.4, -0.2) is 38.4 Å². The Morgan fingerprint density at radius 1 is 0.806 bits per heavy atom. The first-order valence-electron chi connectivity index (χ1n) is 10.1. The Bertz CT molecular complexity index is 1270. The van der Waals surface area contributed by atoms with E-state index in [1.54, 1.807) is 6.08 Å². The van der Waals surface area contributed by atoms with Crippen LogP contribution in [-0.2, 0) is 11.3 Å². The summed E-state index contributed by atoms with van der Waals surface area (Å²) in [5, 5.41) is 12.7. The van der Waals surface area contributed by atoms with Crippen molar-refractivity contribution >= 4 is 50.8 Å². The van der Waals surface area contributed by atoms with Gasteiger partial charge in [0.1, 0.15) is 0 Å². The highest BCUT2D eigenvalue weighted by Crippen LogP contribution is 2.33. The Hall–Kier alpha value is -3.35. The molecule has 1 fully saturated rings. The maximum atomic E-state index is 12.8. The Balaban J connectivity index is 1.39. The number of nitrogens with zero attached hydrogens (tertiary/aromatic N) is 2. The van der Waals surface area contributed by atoms with Gasteiger partial charge in [-0.2, -0.15) is 0 Å². The van der Waals surface area contributed by atoms with Gasteiger partial charge in [0.15, 0.2) is 0 Å². The molecule has 1 aliphatic rings. The summed E-state index contributed by atoms with van der Waals surface area (Å²) in [5.41, 5.74) is 2.89. The number of β-amino-alcohol motifs (C(OH)–C–C–N with tert-alkyl or cyclic N) is 1. The van der Waals surface area contributed by atoms with Crippen LogP contribution >= 0.6 is 11.8 Å². The highest BCUT2D eigenvalue weighted by atomic mass is 32.2. The maximum Gasteiger partial charge on any atom is 0.293 e. The number of aliphatic hydroxyl groups is 1. The van der Waals surface area contributed by atoms with Gasteiger partial charge in [-0.25, -0.2) is 0 Å². The van der Waals surface area contributed by atoms with E-state index in [-0.39, 0.29) is 24.2 Å². The molecule has 5 nitrogen and oxygen atoms in total. The molecule has 5 rings (SSSR count). The summed E-state index contributed by atoms with van der Waals surface area (Å²) >= 11 is 0.912. The summed E-state index contributed by atoms with van der Waals surface area (Å²) in [6, 6.07) is 25.5. The number of amides is 2. The van der Waals surface area contributed by atoms with E-state index < -0.39 is 6.10 Å². The van der Waals surface area contributed by atoms with Gasteiger partial charge in [0.05, 0.1) is 24.1 Å². The van der Waals surface area contributed by atoms with Crippen LogP contribution in [0.25, 0.3) is 27.9 Å². The fraction of sp³-hybridized carbons (Fsp3) is 0.120. The maximum absolute atomic E-state index is 12.8. The molecule has 0 unspecified atom stereocenters. The second kappa shape index (κ2) is 8.06. The van der Waals surface area contributed by atoms with Gasteiger partial charge in [-0.05, 0) is 35.5 Å². The lowest BCUT2D eigenvalue weighted by molar-refractivity contribution is -0.123. The molecule has 0 bridgehead atoms. The molecule has 3 aromatic carbocycles. The minimum atomic E-state index is -0.885. The van der Waals surface area contributed by atoms with E-state index in [4.69, 9.17) is 0 Å². The van der Waals surface area contributed by atoms with Gasteiger partial charge in [-0.1, -0.05) is 66.7 Å². The number of fused-ring (bicyclic) bond motifs is 3. The Morgan fingerprint density at radius 3 is 2.03 bits per heavy atom. The van der Waals surface area contributed by atoms with Crippen LogP contribution in [0, 0.1) is 0 Å². The Labute approximate surface area is 183 Å². The first-order valence-corrected chi connectivity index (χ1v) is 10.9. The summed E-state index contributed by atoms with van der Waals surface area (Å²) in [6.07, 6.45) is 0.827. The highest BCUT2D eigenvalue weighted by Gasteiger charge is 2.36. The van der Waals surface area contributed by atoms with Crippen molar-refractivity contribution in [3.05, 3.63) is 89.3 Å². The smallest absolute Gasteiger partial charge is 0.293 e. The standard InChI is InChI=1S/C25H20N2O3S/c28-18(15-26-21-12-6-4-10-19(21)20-11-5-7-13-22(20)26)16-27-24(29)23(31-25(27)30)14-17-8-2-1-3-9-17/h1-14,18,28H,15-16H2/b23-14+/t18-/m1/s1. The Morgan fingerprint density at radius 2 is 1.39 bits per heavy atom. The number of benzene rings is 3. The predicted octanol–water partition coefficient (Wildman–Crippen LogP) is 4.89. The molecule has 1 aromatic heterocycles. The molecular weight excluding hydrogens is 408 g/mol. The predicted molar refractivity (Wildman–Crippen MR) is 125 cm³/mol. The van der Waals surface area contributed by atoms with Crippen LogP contribution in [0.1, 0.15) is 5.56 Å². The van der Waals surface area contributed by atoms with Gasteiger partial charge in [-0.15, -0.1) is 0 Å². The number of thioether (sulfide) groups is 1. The number of imide groups is 1. The average Bonchev–Trinajstić information content (AvgIpc) is 3.24. The van der Waals surface area contributed by atoms with E-state index in [1.807, 2.05) is 71.3 Å². The minimum absolute atomic E-state index is 0.0440. The number of carbonyl (C=O) groups excluding carboxylic acids is 2. The van der Waals surface area contributed by atoms with E-state index in [9.17, 15) is 14.7 Å². The molecule has 6 heteroatoms. The summed E-state index contributed by atoms with van der Waals surface area (Å²) in [5.74, 6) is -0.361. The molecule has 0 saturated carbocycles. The molecule has 0 spiro atoms. The fourth-order valence-electron chi connectivity index (χ4n) is 4.04. The molecule has 2 amide bonds. The van der Waals surface area contributed by atoms with E-state index in [0.29, 0.717) is 4.91 Å². The van der Waals surface area contributed by atoms with Crippen LogP contribution in [0.5, 0.6) is 0 Å². The lowest BCUT2D eigenvalue weighted by Crippen LogP contribution is -2.37. The van der Waals surface area contributed by atoms with Crippen LogP contribution in [0.4, 0.5) is 4.79 Å². The zero-order chi connectivity index (χ0) is 21.4. The molecule has 1 N–H and O–H groups in total. The number of para-hydroxylation sites is 2. The number of hydrogen-bond acceptors (Lipinski definition) is 4. The molecule has 1 aliphatic heterocycles. The third kappa shape index (κ3) is 3.65. The van der Waals surface area contributed by atoms with Gasteiger partial charge in [0, 0.05) is 21.8 Å². The average molecular weight is 429 g/mol. The van der Waals surface area contributed by atoms with Crippen molar-refractivity contribution < 1.29 is 14.7 Å². The van der Waals surface area contributed by atoms with Crippen molar-refractivity contribution in [2.75, 3.05) is 6.54 Å². The van der Waals surface area contributed by atoms with Crippen LogP contribution in [0.15, 0.2) is 83.8 Å². The monoisotopic (exact) mass is 428 g/mol. The van der Waals surface area contributed by atoms with Gasteiger partial charge in [0.2, 0.25) is 0 Å². The highest BCUT2D eigenvalue weighted by molar-refractivity contribution is 8.18. The molecule has 4 aromatic rings. The summed E-state index contributed by atoms with van der Waals surface area (Å²) < 4.78 is 2.05. The first-order chi connectivity index (χ1) is 15.1. The van der Waals surface area contributed by atoms with Crippen LogP contribution in [0.2, 0.25) is 0 Å². The second-order valence-electron chi connectivity index (χ2n) is 7.50. The summed E-state index contributed by atoms with van der Waals surface area (Å²) in [7, 11) is 0. The van der Waals surface area contributed by atoms with Crippen molar-refractivity contribution in [2.24, 2.45) is 0 Å². The largest absolute Gasteiger partial charge is 0.389 e. The van der Waals surface area contributed by atoms with Crippen molar-refractivity contribution in [3.63, 3.8) is 0 Å². The number of carbonyl (C=O) groups is 2. The quantitative estimate of drug-likeness (QED) is 0.460. The second-order valence-corrected chi connectivity index (χ2v) is 8.49. The summed E-state index contributed by atoms with van der Waals surface area (Å²) in [4.78, 5) is 26.8. The number of aliphatic hydroxyl groups excluding tert-OH is 1. The molecule has 2 heterocycles. The van der Waals surface area contributed by atoms with Crippen molar-refractivity contribution in [3.8, 4) is 0 Å². The lowest BCUT2D eigenvalue weighted by atomic mass is 10.2. The van der Waals surface area contributed by atoms with E-state index in [1.165, 1.54) is 0 Å². The third-order valence-corrected chi connectivity index (χ3v) is 6.34. The van der Waals surface area contributed by atoms with E-state index in [2.05, 4.69) is 12.1 Å². The molecule has 1 atom stereocenters. The first kappa shape index (κ1) is 19.6. The molecule has 154 valence electrons. The molecule has 0 aliphatic carbocycles. The SMILES string of the molecule is O=C1S/C(=C/c2ccccc2)C(=O)N1C[C@H](O)Cn1c2ccccc2c2ccccc21. The van der Waals surface area contributed by atoms with Gasteiger partial charge >= 0.3 is 0 Å². The topological polar surface area (TPSA) is 62.5 Å². The van der Waals surface area contributed by atoms with Crippen molar-refractivity contribution in [1.82, 2.24) is 9.47 Å². The zero-order valence-electron chi connectivity index (χ0n) is 16.6. The third-order valence-electron chi connectivity index (χ3n) is 5.44. The van der Waals surface area contributed by atoms with Gasteiger partial charge in [-0.3, -0.25) is 14.5 Å². The molecule has 31 heavy (non-hydrogen) atoms. The number of aromatic nitrogens is 1. The molecule has 0 radical (unpaired) electrons. The fourth-order valence-corrected chi connectivity index (χ4v) is 4.89. The molecule has 1 saturated heterocycles. The lowest BCUT2D eigenvalue weighted by Gasteiger charge is -2.19. The minimum Gasteiger partial charge on any atom is -0.389 e. The zero-order valence-corrected chi connectivity index (χ0v) is 17.5. The van der Waals surface area contributed by atoms with E-state index in [0.717, 1.165) is 44.0 Å².